The summed E-state index contributed by atoms with van der Waals surface area (Å²) >= 11 is 1.68. The first-order valence-corrected chi connectivity index (χ1v) is 5.65. The summed E-state index contributed by atoms with van der Waals surface area (Å²) in [6.07, 6.45) is 11.3. The highest BCUT2D eigenvalue weighted by molar-refractivity contribution is 7.11. The predicted molar refractivity (Wildman–Crippen MR) is 66.0 cm³/mol. The van der Waals surface area contributed by atoms with Crippen molar-refractivity contribution in [1.82, 2.24) is 0 Å². The van der Waals surface area contributed by atoms with Crippen LogP contribution in [0.25, 0.3) is 6.08 Å². The number of thiophene rings is 1. The average molecular weight is 216 g/mol. The molecule has 0 radical (unpaired) electrons. The molecule has 0 unspecified atom stereocenters. The van der Waals surface area contributed by atoms with Crippen LogP contribution in [0.3, 0.4) is 0 Å². The van der Waals surface area contributed by atoms with E-state index in [-0.39, 0.29) is 0 Å². The van der Waals surface area contributed by atoms with Gasteiger partial charge in [-0.3, -0.25) is 0 Å². The Hall–Kier alpha value is -1.54. The number of hydrogen-bond donors (Lipinski definition) is 1. The molecule has 1 nitrogen and oxygen atoms in total. The van der Waals surface area contributed by atoms with Crippen molar-refractivity contribution in [2.45, 2.75) is 6.92 Å². The highest BCUT2D eigenvalue weighted by atomic mass is 32.1. The molecular formula is C13H12OS. The third kappa shape index (κ3) is 2.28. The minimum Gasteiger partial charge on any atom is -0.507 e. The maximum Gasteiger partial charge on any atom is 0.122 e. The molecule has 1 aromatic heterocycles. The first-order valence-electron chi connectivity index (χ1n) is 4.77. The second-order valence-electron chi connectivity index (χ2n) is 3.36. The Morgan fingerprint density at radius 2 is 2.07 bits per heavy atom. The lowest BCUT2D eigenvalue weighted by Gasteiger charge is -1.94. The van der Waals surface area contributed by atoms with Crippen molar-refractivity contribution in [2.75, 3.05) is 0 Å². The van der Waals surface area contributed by atoms with E-state index in [1.54, 1.807) is 17.4 Å². The lowest BCUT2D eigenvalue weighted by molar-refractivity contribution is 0.430. The molecule has 0 atom stereocenters. The molecule has 2 rings (SSSR count). The van der Waals surface area contributed by atoms with Gasteiger partial charge >= 0.3 is 0 Å². The number of aliphatic hydroxyl groups is 1. The standard InChI is InChI=1S/C13H12OS/c1-10-8-9-15-13(10)7-6-12(14)11-4-2-3-5-11/h2-9,14H,1H3/b7-6+. The molecular weight excluding hydrogens is 204 g/mol. The van der Waals surface area contributed by atoms with E-state index >= 15 is 0 Å². The van der Waals surface area contributed by atoms with Crippen LogP contribution in [-0.2, 0) is 0 Å². The molecule has 1 aliphatic rings. The third-order valence-corrected chi connectivity index (χ3v) is 3.24. The minimum atomic E-state index is 0.313. The van der Waals surface area contributed by atoms with Crippen LogP contribution in [-0.4, -0.2) is 5.11 Å². The van der Waals surface area contributed by atoms with Crippen molar-refractivity contribution in [3.63, 3.8) is 0 Å². The van der Waals surface area contributed by atoms with Crippen LogP contribution in [0, 0.1) is 6.92 Å². The minimum absolute atomic E-state index is 0.313. The van der Waals surface area contributed by atoms with E-state index in [1.807, 2.05) is 30.4 Å². The lowest BCUT2D eigenvalue weighted by Crippen LogP contribution is -1.79. The summed E-state index contributed by atoms with van der Waals surface area (Å²) in [5.74, 6) is 0.313. The summed E-state index contributed by atoms with van der Waals surface area (Å²) in [4.78, 5) is 1.19. The van der Waals surface area contributed by atoms with Gasteiger partial charge in [-0.05, 0) is 36.1 Å². The van der Waals surface area contributed by atoms with Crippen LogP contribution in [0.1, 0.15) is 10.4 Å². The van der Waals surface area contributed by atoms with Crippen LogP contribution < -0.4 is 0 Å². The molecule has 0 fully saturated rings. The molecule has 0 saturated heterocycles. The second kappa shape index (κ2) is 4.32. The fourth-order valence-electron chi connectivity index (χ4n) is 1.35. The topological polar surface area (TPSA) is 20.2 Å². The summed E-state index contributed by atoms with van der Waals surface area (Å²) in [5, 5.41) is 11.8. The highest BCUT2D eigenvalue weighted by Gasteiger charge is 1.99. The number of allylic oxidation sites excluding steroid dienone is 6. The third-order valence-electron chi connectivity index (χ3n) is 2.25. The van der Waals surface area contributed by atoms with Crippen LogP contribution >= 0.6 is 11.3 Å². The zero-order chi connectivity index (χ0) is 10.7. The average Bonchev–Trinajstić information content (AvgIpc) is 2.85. The molecule has 76 valence electrons. The van der Waals surface area contributed by atoms with E-state index in [0.29, 0.717) is 5.76 Å². The van der Waals surface area contributed by atoms with Gasteiger partial charge in [-0.15, -0.1) is 11.3 Å². The second-order valence-corrected chi connectivity index (χ2v) is 4.31. The molecule has 0 bridgehead atoms. The first kappa shape index (κ1) is 9.99. The van der Waals surface area contributed by atoms with Gasteiger partial charge in [0.2, 0.25) is 0 Å². The van der Waals surface area contributed by atoms with E-state index in [0.717, 1.165) is 5.57 Å². The van der Waals surface area contributed by atoms with Crippen LogP contribution in [0.2, 0.25) is 0 Å². The number of aliphatic hydroxyl groups excluding tert-OH is 1. The summed E-state index contributed by atoms with van der Waals surface area (Å²) in [7, 11) is 0. The number of hydrogen-bond acceptors (Lipinski definition) is 2. The van der Waals surface area contributed by atoms with Crippen molar-refractivity contribution in [3.8, 4) is 0 Å². The van der Waals surface area contributed by atoms with Crippen molar-refractivity contribution in [2.24, 2.45) is 0 Å². The molecule has 0 saturated carbocycles. The molecule has 0 amide bonds. The predicted octanol–water partition coefficient (Wildman–Crippen LogP) is 4.01. The summed E-state index contributed by atoms with van der Waals surface area (Å²) in [6.45, 7) is 2.07. The summed E-state index contributed by atoms with van der Waals surface area (Å²) in [6, 6.07) is 2.07. The van der Waals surface area contributed by atoms with Gasteiger partial charge in [0.1, 0.15) is 5.76 Å². The van der Waals surface area contributed by atoms with Crippen LogP contribution in [0.4, 0.5) is 0 Å². The zero-order valence-corrected chi connectivity index (χ0v) is 9.29. The molecule has 2 heteroatoms. The Kier molecular flexibility index (Phi) is 2.88. The van der Waals surface area contributed by atoms with E-state index in [2.05, 4.69) is 18.4 Å². The maximum atomic E-state index is 9.73. The number of rotatable bonds is 2. The zero-order valence-electron chi connectivity index (χ0n) is 8.47. The smallest absolute Gasteiger partial charge is 0.122 e. The molecule has 1 aromatic rings. The van der Waals surface area contributed by atoms with Gasteiger partial charge in [0.15, 0.2) is 0 Å². The van der Waals surface area contributed by atoms with Gasteiger partial charge in [-0.25, -0.2) is 0 Å². The van der Waals surface area contributed by atoms with Gasteiger partial charge in [0.25, 0.3) is 0 Å². The van der Waals surface area contributed by atoms with E-state index in [4.69, 9.17) is 0 Å². The molecule has 0 spiro atoms. The normalized spacial score (nSPS) is 14.3. The van der Waals surface area contributed by atoms with Crippen molar-refractivity contribution < 1.29 is 5.11 Å². The Balaban J connectivity index is 2.19. The van der Waals surface area contributed by atoms with E-state index < -0.39 is 0 Å². The SMILES string of the molecule is Cc1ccsc1/C=C/C(O)=C1C=CC=C1. The number of aryl methyl sites for hydroxylation is 1. The fraction of sp³-hybridized carbons (Fsp3) is 0.0769. The maximum absolute atomic E-state index is 9.73. The quantitative estimate of drug-likeness (QED) is 0.741. The highest BCUT2D eigenvalue weighted by Crippen LogP contribution is 2.19. The Morgan fingerprint density at radius 1 is 1.33 bits per heavy atom. The van der Waals surface area contributed by atoms with Crippen LogP contribution in [0.5, 0.6) is 0 Å². The molecule has 15 heavy (non-hydrogen) atoms. The largest absolute Gasteiger partial charge is 0.507 e. The van der Waals surface area contributed by atoms with Gasteiger partial charge in [0, 0.05) is 10.5 Å². The lowest BCUT2D eigenvalue weighted by atomic mass is 10.2. The van der Waals surface area contributed by atoms with Crippen LogP contribution in [0.15, 0.2) is 53.2 Å². The van der Waals surface area contributed by atoms with Crippen molar-refractivity contribution >= 4 is 17.4 Å². The van der Waals surface area contributed by atoms with E-state index in [9.17, 15) is 5.11 Å². The molecule has 1 heterocycles. The first-order chi connectivity index (χ1) is 7.27. The Labute approximate surface area is 93.4 Å². The van der Waals surface area contributed by atoms with Gasteiger partial charge in [-0.1, -0.05) is 24.3 Å². The summed E-state index contributed by atoms with van der Waals surface area (Å²) < 4.78 is 0. The van der Waals surface area contributed by atoms with Gasteiger partial charge in [-0.2, -0.15) is 0 Å². The summed E-state index contributed by atoms with van der Waals surface area (Å²) in [5.41, 5.74) is 2.10. The van der Waals surface area contributed by atoms with Crippen molar-refractivity contribution in [1.29, 1.82) is 0 Å². The molecule has 1 N–H and O–H groups in total. The van der Waals surface area contributed by atoms with Crippen molar-refractivity contribution in [3.05, 3.63) is 63.6 Å². The molecule has 0 aromatic carbocycles. The Bertz CT molecular complexity index is 458. The Morgan fingerprint density at radius 3 is 2.67 bits per heavy atom. The monoisotopic (exact) mass is 216 g/mol. The fourth-order valence-corrected chi connectivity index (χ4v) is 2.17. The van der Waals surface area contributed by atoms with E-state index in [1.165, 1.54) is 10.4 Å². The molecule has 1 aliphatic carbocycles. The van der Waals surface area contributed by atoms with Gasteiger partial charge in [0.05, 0.1) is 0 Å². The molecule has 0 aliphatic heterocycles. The van der Waals surface area contributed by atoms with Gasteiger partial charge < -0.3 is 5.11 Å².